The third-order valence-electron chi connectivity index (χ3n) is 4.38. The SMILES string of the molecule is COc1ccc(-c2n[nH]c(CNC(=O)c3ccccc3SCc3cccs3)n2)cc1. The second kappa shape index (κ2) is 9.60. The van der Waals surface area contributed by atoms with Crippen LogP contribution in [0, 0.1) is 0 Å². The highest BCUT2D eigenvalue weighted by Gasteiger charge is 2.13. The maximum atomic E-state index is 12.7. The average molecular weight is 437 g/mol. The number of H-pyrrole nitrogens is 1. The highest BCUT2D eigenvalue weighted by Crippen LogP contribution is 2.28. The number of aromatic nitrogens is 3. The van der Waals surface area contributed by atoms with Crippen molar-refractivity contribution in [3.63, 3.8) is 0 Å². The zero-order valence-electron chi connectivity index (χ0n) is 16.3. The van der Waals surface area contributed by atoms with Crippen LogP contribution in [0.3, 0.4) is 0 Å². The molecule has 4 aromatic rings. The molecule has 0 spiro atoms. The monoisotopic (exact) mass is 436 g/mol. The van der Waals surface area contributed by atoms with Crippen molar-refractivity contribution in [3.05, 3.63) is 82.3 Å². The first-order valence-corrected chi connectivity index (χ1v) is 11.2. The van der Waals surface area contributed by atoms with Gasteiger partial charge in [-0.05, 0) is 47.8 Å². The number of hydrogen-bond acceptors (Lipinski definition) is 6. The number of thioether (sulfide) groups is 1. The number of carbonyl (C=O) groups excluding carboxylic acids is 1. The normalized spacial score (nSPS) is 10.7. The molecule has 0 atom stereocenters. The molecule has 0 unspecified atom stereocenters. The molecule has 4 rings (SSSR count). The lowest BCUT2D eigenvalue weighted by molar-refractivity contribution is 0.0947. The van der Waals surface area contributed by atoms with Gasteiger partial charge < -0.3 is 10.1 Å². The molecule has 2 aromatic carbocycles. The molecule has 0 saturated carbocycles. The summed E-state index contributed by atoms with van der Waals surface area (Å²) in [6, 6.07) is 19.3. The minimum absolute atomic E-state index is 0.133. The Morgan fingerprint density at radius 2 is 1.97 bits per heavy atom. The Morgan fingerprint density at radius 3 is 2.73 bits per heavy atom. The van der Waals surface area contributed by atoms with Crippen molar-refractivity contribution in [2.24, 2.45) is 0 Å². The molecule has 0 radical (unpaired) electrons. The number of ether oxygens (including phenoxy) is 1. The maximum Gasteiger partial charge on any atom is 0.252 e. The first kappa shape index (κ1) is 20.2. The second-order valence-corrected chi connectivity index (χ2v) is 8.43. The first-order valence-electron chi connectivity index (χ1n) is 9.31. The Morgan fingerprint density at radius 1 is 1.13 bits per heavy atom. The van der Waals surface area contributed by atoms with Crippen LogP contribution in [0.5, 0.6) is 5.75 Å². The van der Waals surface area contributed by atoms with Gasteiger partial charge in [0.05, 0.1) is 19.2 Å². The summed E-state index contributed by atoms with van der Waals surface area (Å²) in [5, 5.41) is 12.1. The van der Waals surface area contributed by atoms with Crippen molar-refractivity contribution in [2.75, 3.05) is 7.11 Å². The number of carbonyl (C=O) groups is 1. The average Bonchev–Trinajstić information content (AvgIpc) is 3.48. The van der Waals surface area contributed by atoms with E-state index < -0.39 is 0 Å². The summed E-state index contributed by atoms with van der Waals surface area (Å²) in [5.74, 6) is 2.66. The van der Waals surface area contributed by atoms with Gasteiger partial charge in [-0.25, -0.2) is 4.98 Å². The second-order valence-electron chi connectivity index (χ2n) is 6.38. The highest BCUT2D eigenvalue weighted by atomic mass is 32.2. The van der Waals surface area contributed by atoms with Crippen molar-refractivity contribution in [2.45, 2.75) is 17.2 Å². The maximum absolute atomic E-state index is 12.7. The summed E-state index contributed by atoms with van der Waals surface area (Å²) < 4.78 is 5.17. The first-order chi connectivity index (χ1) is 14.7. The molecule has 0 fully saturated rings. The minimum Gasteiger partial charge on any atom is -0.497 e. The molecule has 6 nitrogen and oxygen atoms in total. The zero-order valence-corrected chi connectivity index (χ0v) is 17.9. The number of hydrogen-bond donors (Lipinski definition) is 2. The summed E-state index contributed by atoms with van der Waals surface area (Å²) in [5.41, 5.74) is 1.54. The van der Waals surface area contributed by atoms with Gasteiger partial charge in [0.1, 0.15) is 11.6 Å². The number of aromatic amines is 1. The van der Waals surface area contributed by atoms with Crippen molar-refractivity contribution >= 4 is 29.0 Å². The molecule has 1 amide bonds. The van der Waals surface area contributed by atoms with Gasteiger partial charge in [0, 0.05) is 21.1 Å². The van der Waals surface area contributed by atoms with Crippen LogP contribution < -0.4 is 10.1 Å². The number of nitrogens with zero attached hydrogens (tertiary/aromatic N) is 2. The molecule has 0 saturated heterocycles. The zero-order chi connectivity index (χ0) is 20.8. The third-order valence-corrected chi connectivity index (χ3v) is 6.56. The van der Waals surface area contributed by atoms with Gasteiger partial charge in [0.15, 0.2) is 5.82 Å². The Hall–Kier alpha value is -3.10. The van der Waals surface area contributed by atoms with E-state index in [0.717, 1.165) is 22.0 Å². The molecule has 2 N–H and O–H groups in total. The Bertz CT molecular complexity index is 1110. The van der Waals surface area contributed by atoms with E-state index in [4.69, 9.17) is 4.74 Å². The van der Waals surface area contributed by atoms with Gasteiger partial charge >= 0.3 is 0 Å². The van der Waals surface area contributed by atoms with Gasteiger partial charge in [-0.3, -0.25) is 9.89 Å². The Labute approximate surface area is 182 Å². The van der Waals surface area contributed by atoms with Crippen molar-refractivity contribution in [1.82, 2.24) is 20.5 Å². The van der Waals surface area contributed by atoms with E-state index in [1.165, 1.54) is 4.88 Å². The van der Waals surface area contributed by atoms with Gasteiger partial charge in [0.2, 0.25) is 0 Å². The molecule has 0 aliphatic heterocycles. The van der Waals surface area contributed by atoms with Gasteiger partial charge in [-0.1, -0.05) is 18.2 Å². The van der Waals surface area contributed by atoms with Crippen LogP contribution in [0.15, 0.2) is 70.9 Å². The molecule has 8 heteroatoms. The molecular weight excluding hydrogens is 416 g/mol. The van der Waals surface area contributed by atoms with Crippen LogP contribution in [-0.2, 0) is 12.3 Å². The highest BCUT2D eigenvalue weighted by molar-refractivity contribution is 7.98. The number of nitrogens with one attached hydrogen (secondary N) is 2. The van der Waals surface area contributed by atoms with E-state index in [-0.39, 0.29) is 12.5 Å². The van der Waals surface area contributed by atoms with E-state index in [0.29, 0.717) is 17.2 Å². The van der Waals surface area contributed by atoms with E-state index in [9.17, 15) is 4.79 Å². The fourth-order valence-corrected chi connectivity index (χ4v) is 4.65. The fourth-order valence-electron chi connectivity index (χ4n) is 2.83. The lowest BCUT2D eigenvalue weighted by Crippen LogP contribution is -2.24. The van der Waals surface area contributed by atoms with Crippen LogP contribution in [-0.4, -0.2) is 28.2 Å². The Kier molecular flexibility index (Phi) is 6.46. The van der Waals surface area contributed by atoms with Crippen molar-refractivity contribution in [1.29, 1.82) is 0 Å². The summed E-state index contributed by atoms with van der Waals surface area (Å²) in [6.45, 7) is 0.270. The Balaban J connectivity index is 1.38. The van der Waals surface area contributed by atoms with Gasteiger partial charge in [0.25, 0.3) is 5.91 Å². The largest absolute Gasteiger partial charge is 0.497 e. The fraction of sp³-hybridized carbons (Fsp3) is 0.136. The predicted octanol–water partition coefficient (Wildman–Crippen LogP) is 4.76. The van der Waals surface area contributed by atoms with Crippen LogP contribution >= 0.6 is 23.1 Å². The molecule has 30 heavy (non-hydrogen) atoms. The smallest absolute Gasteiger partial charge is 0.252 e. The molecular formula is C22H20N4O2S2. The standard InChI is InChI=1S/C22H20N4O2S2/c1-28-16-10-8-15(9-11-16)21-24-20(25-26-21)13-23-22(27)18-6-2-3-7-19(18)30-14-17-5-4-12-29-17/h2-12H,13-14H2,1H3,(H,23,27)(H,24,25,26). The lowest BCUT2D eigenvalue weighted by Gasteiger charge is -2.08. The molecule has 2 aromatic heterocycles. The van der Waals surface area contributed by atoms with Crippen LogP contribution in [0.1, 0.15) is 21.1 Å². The topological polar surface area (TPSA) is 79.9 Å². The molecule has 0 bridgehead atoms. The van der Waals surface area contributed by atoms with E-state index in [2.05, 4.69) is 31.9 Å². The predicted molar refractivity (Wildman–Crippen MR) is 120 cm³/mol. The number of benzene rings is 2. The molecule has 152 valence electrons. The van der Waals surface area contributed by atoms with Crippen LogP contribution in [0.2, 0.25) is 0 Å². The van der Waals surface area contributed by atoms with E-state index >= 15 is 0 Å². The number of amides is 1. The van der Waals surface area contributed by atoms with Crippen LogP contribution in [0.25, 0.3) is 11.4 Å². The van der Waals surface area contributed by atoms with Crippen molar-refractivity contribution < 1.29 is 9.53 Å². The molecule has 0 aliphatic rings. The molecule has 0 aliphatic carbocycles. The third kappa shape index (κ3) is 4.90. The van der Waals surface area contributed by atoms with E-state index in [1.807, 2.05) is 54.6 Å². The number of methoxy groups -OCH3 is 1. The van der Waals surface area contributed by atoms with Crippen LogP contribution in [0.4, 0.5) is 0 Å². The minimum atomic E-state index is -0.133. The van der Waals surface area contributed by atoms with Crippen molar-refractivity contribution in [3.8, 4) is 17.1 Å². The van der Waals surface area contributed by atoms with Gasteiger partial charge in [-0.2, -0.15) is 5.10 Å². The summed E-state index contributed by atoms with van der Waals surface area (Å²) >= 11 is 3.38. The summed E-state index contributed by atoms with van der Waals surface area (Å²) in [4.78, 5) is 19.5. The quantitative estimate of drug-likeness (QED) is 0.389. The number of rotatable bonds is 8. The number of thiophene rings is 1. The van der Waals surface area contributed by atoms with Gasteiger partial charge in [-0.15, -0.1) is 23.1 Å². The summed E-state index contributed by atoms with van der Waals surface area (Å²) in [6.07, 6.45) is 0. The van der Waals surface area contributed by atoms with E-state index in [1.54, 1.807) is 30.2 Å². The summed E-state index contributed by atoms with van der Waals surface area (Å²) in [7, 11) is 1.63. The lowest BCUT2D eigenvalue weighted by atomic mass is 10.2. The molecule has 2 heterocycles.